The molecule has 1 aliphatic heterocycles. The maximum absolute atomic E-state index is 11.7. The lowest BCUT2D eigenvalue weighted by molar-refractivity contribution is -0.121. The van der Waals surface area contributed by atoms with Gasteiger partial charge in [-0.25, -0.2) is 4.79 Å². The lowest BCUT2D eigenvalue weighted by atomic mass is 10.0. The highest BCUT2D eigenvalue weighted by Gasteiger charge is 2.39. The Morgan fingerprint density at radius 1 is 1.38 bits per heavy atom. The summed E-state index contributed by atoms with van der Waals surface area (Å²) in [5.74, 6) is 1.47. The highest BCUT2D eigenvalue weighted by atomic mass is 16.4. The van der Waals surface area contributed by atoms with Crippen LogP contribution in [0.1, 0.15) is 42.0 Å². The van der Waals surface area contributed by atoms with Crippen LogP contribution in [0.15, 0.2) is 26.8 Å². The second-order valence-electron chi connectivity index (χ2n) is 4.73. The van der Waals surface area contributed by atoms with E-state index in [1.807, 2.05) is 0 Å². The van der Waals surface area contributed by atoms with Gasteiger partial charge in [0.2, 0.25) is 11.7 Å². The van der Waals surface area contributed by atoms with E-state index in [0.29, 0.717) is 25.0 Å². The minimum Gasteiger partial charge on any atom is -0.475 e. The van der Waals surface area contributed by atoms with Gasteiger partial charge in [-0.1, -0.05) is 0 Å². The molecule has 0 saturated heterocycles. The molecule has 0 bridgehead atoms. The largest absolute Gasteiger partial charge is 0.475 e. The first kappa shape index (κ1) is 14.8. The van der Waals surface area contributed by atoms with Crippen LogP contribution in [0, 0.1) is 12.3 Å². The van der Waals surface area contributed by atoms with Crippen molar-refractivity contribution in [3.05, 3.63) is 23.7 Å². The van der Waals surface area contributed by atoms with Gasteiger partial charge in [0.1, 0.15) is 5.76 Å². The van der Waals surface area contributed by atoms with Crippen molar-refractivity contribution in [3.63, 3.8) is 0 Å². The Balaban J connectivity index is 1.70. The average molecular weight is 289 g/mol. The van der Waals surface area contributed by atoms with Gasteiger partial charge in [-0.3, -0.25) is 4.79 Å². The molecule has 2 N–H and O–H groups in total. The first-order valence-corrected chi connectivity index (χ1v) is 6.51. The summed E-state index contributed by atoms with van der Waals surface area (Å²) in [6.07, 6.45) is 7.24. The molecule has 1 aromatic heterocycles. The van der Waals surface area contributed by atoms with Crippen LogP contribution in [0.2, 0.25) is 0 Å². The van der Waals surface area contributed by atoms with E-state index in [0.717, 1.165) is 0 Å². The predicted octanol–water partition coefficient (Wildman–Crippen LogP) is 1.95. The molecule has 0 aliphatic carbocycles. The third-order valence-electron chi connectivity index (χ3n) is 3.14. The third kappa shape index (κ3) is 4.18. The molecular formula is C14H15N3O4. The number of furan rings is 1. The van der Waals surface area contributed by atoms with Gasteiger partial charge in [-0.15, -0.1) is 12.3 Å². The number of hydrogen-bond acceptors (Lipinski definition) is 5. The number of hydrogen-bond donors (Lipinski definition) is 2. The summed E-state index contributed by atoms with van der Waals surface area (Å²) in [6.45, 7) is 0.151. The zero-order chi connectivity index (χ0) is 15.3. The highest BCUT2D eigenvalue weighted by molar-refractivity contribution is 5.84. The minimum absolute atomic E-state index is 0.150. The summed E-state index contributed by atoms with van der Waals surface area (Å²) in [5.41, 5.74) is -0.467. The Kier molecular flexibility index (Phi) is 4.38. The van der Waals surface area contributed by atoms with Gasteiger partial charge < -0.3 is 14.8 Å². The molecule has 7 heteroatoms. The second-order valence-corrected chi connectivity index (χ2v) is 4.73. The summed E-state index contributed by atoms with van der Waals surface area (Å²) >= 11 is 0. The van der Waals surface area contributed by atoms with Gasteiger partial charge in [-0.2, -0.15) is 10.2 Å². The summed E-state index contributed by atoms with van der Waals surface area (Å²) in [6, 6.07) is 2.87. The van der Waals surface area contributed by atoms with E-state index in [4.69, 9.17) is 15.9 Å². The van der Waals surface area contributed by atoms with Crippen LogP contribution in [-0.4, -0.2) is 22.6 Å². The van der Waals surface area contributed by atoms with Crippen molar-refractivity contribution in [2.24, 2.45) is 10.2 Å². The number of rotatable bonds is 8. The number of nitrogens with one attached hydrogen (secondary N) is 1. The molecule has 21 heavy (non-hydrogen) atoms. The molecule has 7 nitrogen and oxygen atoms in total. The Hall–Kier alpha value is -2.62. The minimum atomic E-state index is -1.14. The van der Waals surface area contributed by atoms with E-state index >= 15 is 0 Å². The second kappa shape index (κ2) is 6.22. The average Bonchev–Trinajstić information content (AvgIpc) is 3.07. The van der Waals surface area contributed by atoms with Crippen LogP contribution in [0.3, 0.4) is 0 Å². The Morgan fingerprint density at radius 2 is 2.14 bits per heavy atom. The van der Waals surface area contributed by atoms with Crippen molar-refractivity contribution < 1.29 is 19.1 Å². The van der Waals surface area contributed by atoms with E-state index in [1.165, 1.54) is 12.1 Å². The molecule has 1 aromatic rings. The van der Waals surface area contributed by atoms with Crippen molar-refractivity contribution in [1.29, 1.82) is 0 Å². The number of carbonyl (C=O) groups excluding carboxylic acids is 1. The number of carbonyl (C=O) groups is 2. The van der Waals surface area contributed by atoms with E-state index in [2.05, 4.69) is 21.5 Å². The van der Waals surface area contributed by atoms with Gasteiger partial charge in [0.25, 0.3) is 0 Å². The summed E-state index contributed by atoms with van der Waals surface area (Å²) in [4.78, 5) is 22.4. The normalized spacial score (nSPS) is 14.4. The van der Waals surface area contributed by atoms with Crippen LogP contribution in [0.4, 0.5) is 0 Å². The predicted molar refractivity (Wildman–Crippen MR) is 72.4 cm³/mol. The van der Waals surface area contributed by atoms with Crippen molar-refractivity contribution in [2.45, 2.75) is 37.9 Å². The van der Waals surface area contributed by atoms with E-state index < -0.39 is 11.6 Å². The topological polar surface area (TPSA) is 104 Å². The maximum Gasteiger partial charge on any atom is 0.371 e. The number of carboxylic acids is 1. The van der Waals surface area contributed by atoms with Crippen LogP contribution in [0.25, 0.3) is 0 Å². The van der Waals surface area contributed by atoms with Gasteiger partial charge in [-0.05, 0) is 12.1 Å². The highest BCUT2D eigenvalue weighted by Crippen LogP contribution is 2.37. The molecule has 2 heterocycles. The van der Waals surface area contributed by atoms with Gasteiger partial charge in [0.05, 0.1) is 6.54 Å². The summed E-state index contributed by atoms with van der Waals surface area (Å²) in [7, 11) is 0. The van der Waals surface area contributed by atoms with Crippen molar-refractivity contribution >= 4 is 11.9 Å². The van der Waals surface area contributed by atoms with Crippen molar-refractivity contribution in [1.82, 2.24) is 5.32 Å². The molecule has 0 saturated carbocycles. The standard InChI is InChI=1S/C14H15N3O4/c1-2-3-7-14(16-17-14)8-6-12(18)15-9-10-4-5-11(21-10)13(19)20/h1,4-5H,3,6-9H2,(H,15,18)(H,19,20). The van der Waals surface area contributed by atoms with E-state index in [9.17, 15) is 9.59 Å². The fourth-order valence-electron chi connectivity index (χ4n) is 1.84. The molecule has 2 rings (SSSR count). The van der Waals surface area contributed by atoms with E-state index in [-0.39, 0.29) is 24.6 Å². The molecular weight excluding hydrogens is 274 g/mol. The number of carboxylic acid groups (broad SMARTS) is 1. The van der Waals surface area contributed by atoms with Crippen LogP contribution in [-0.2, 0) is 11.3 Å². The van der Waals surface area contributed by atoms with Crippen molar-refractivity contribution in [2.75, 3.05) is 0 Å². The monoisotopic (exact) mass is 289 g/mol. The van der Waals surface area contributed by atoms with Crippen LogP contribution >= 0.6 is 0 Å². The first-order chi connectivity index (χ1) is 10.0. The smallest absolute Gasteiger partial charge is 0.371 e. The Labute approximate surface area is 121 Å². The molecule has 0 spiro atoms. The molecule has 0 unspecified atom stereocenters. The van der Waals surface area contributed by atoms with Gasteiger partial charge >= 0.3 is 5.97 Å². The molecule has 1 amide bonds. The van der Waals surface area contributed by atoms with Gasteiger partial charge in [0, 0.05) is 25.7 Å². The Bertz CT molecular complexity index is 606. The summed E-state index contributed by atoms with van der Waals surface area (Å²) < 4.78 is 5.03. The van der Waals surface area contributed by atoms with Crippen LogP contribution < -0.4 is 5.32 Å². The van der Waals surface area contributed by atoms with Gasteiger partial charge in [0.15, 0.2) is 5.66 Å². The fourth-order valence-corrected chi connectivity index (χ4v) is 1.84. The lowest BCUT2D eigenvalue weighted by Crippen LogP contribution is -2.24. The van der Waals surface area contributed by atoms with Crippen LogP contribution in [0.5, 0.6) is 0 Å². The number of terminal acetylenes is 1. The third-order valence-corrected chi connectivity index (χ3v) is 3.14. The quantitative estimate of drug-likeness (QED) is 0.713. The first-order valence-electron chi connectivity index (χ1n) is 6.51. The zero-order valence-corrected chi connectivity index (χ0v) is 11.3. The molecule has 1 aliphatic rings. The zero-order valence-electron chi connectivity index (χ0n) is 11.3. The molecule has 0 radical (unpaired) electrons. The fraction of sp³-hybridized carbons (Fsp3) is 0.429. The SMILES string of the molecule is C#CCCC1(CCC(=O)NCc2ccc(C(=O)O)o2)N=N1. The lowest BCUT2D eigenvalue weighted by Gasteiger charge is -2.08. The maximum atomic E-state index is 11.7. The van der Waals surface area contributed by atoms with E-state index in [1.54, 1.807) is 0 Å². The Morgan fingerprint density at radius 3 is 2.71 bits per heavy atom. The number of nitrogens with zero attached hydrogens (tertiary/aromatic N) is 2. The molecule has 110 valence electrons. The molecule has 0 atom stereocenters. The molecule has 0 aromatic carbocycles. The van der Waals surface area contributed by atoms with Crippen molar-refractivity contribution in [3.8, 4) is 12.3 Å². The summed E-state index contributed by atoms with van der Waals surface area (Å²) in [5, 5.41) is 19.3. The molecule has 0 fully saturated rings. The number of amides is 1. The number of aromatic carboxylic acids is 1.